The molecule has 134 valence electrons. The second-order valence-corrected chi connectivity index (χ2v) is 7.05. The maximum absolute atomic E-state index is 9.56. The second kappa shape index (κ2) is 8.68. The molecular formula is C20H25ClN2O2. The number of aliphatic hydroxyl groups is 1. The van der Waals surface area contributed by atoms with Crippen LogP contribution in [0, 0.1) is 0 Å². The highest BCUT2D eigenvalue weighted by Crippen LogP contribution is 2.25. The van der Waals surface area contributed by atoms with Crippen LogP contribution in [-0.4, -0.2) is 52.3 Å². The Bertz CT molecular complexity index is 681. The number of phenolic OH excluding ortho intramolecular Hbond substituents is 1. The molecule has 2 aromatic carbocycles. The van der Waals surface area contributed by atoms with Crippen LogP contribution in [0.1, 0.15) is 17.5 Å². The summed E-state index contributed by atoms with van der Waals surface area (Å²) in [7, 11) is 0. The molecule has 1 aliphatic rings. The molecule has 0 spiro atoms. The first-order valence-corrected chi connectivity index (χ1v) is 9.12. The largest absolute Gasteiger partial charge is 0.506 e. The van der Waals surface area contributed by atoms with E-state index in [1.807, 2.05) is 18.2 Å². The lowest BCUT2D eigenvalue weighted by molar-refractivity contribution is 0.0500. The molecule has 5 heteroatoms. The highest BCUT2D eigenvalue weighted by molar-refractivity contribution is 6.32. The molecule has 0 radical (unpaired) electrons. The smallest absolute Gasteiger partial charge is 0.134 e. The van der Waals surface area contributed by atoms with E-state index in [1.165, 1.54) is 5.56 Å². The molecule has 1 heterocycles. The minimum Gasteiger partial charge on any atom is -0.506 e. The summed E-state index contributed by atoms with van der Waals surface area (Å²) in [5.41, 5.74) is 2.41. The fourth-order valence-corrected chi connectivity index (χ4v) is 3.66. The van der Waals surface area contributed by atoms with Gasteiger partial charge in [-0.25, -0.2) is 0 Å². The Labute approximate surface area is 154 Å². The number of hydrogen-bond acceptors (Lipinski definition) is 4. The fourth-order valence-electron chi connectivity index (χ4n) is 3.46. The number of aromatic hydroxyl groups is 1. The maximum atomic E-state index is 9.56. The number of aliphatic hydroxyl groups excluding tert-OH is 1. The van der Waals surface area contributed by atoms with Gasteiger partial charge in [-0.2, -0.15) is 0 Å². The summed E-state index contributed by atoms with van der Waals surface area (Å²) in [6.45, 7) is 4.81. The Morgan fingerprint density at radius 2 is 1.80 bits per heavy atom. The fraction of sp³-hybridized carbons (Fsp3) is 0.400. The third-order valence-electron chi connectivity index (χ3n) is 4.80. The van der Waals surface area contributed by atoms with Crippen LogP contribution in [0.2, 0.25) is 5.02 Å². The molecule has 1 fully saturated rings. The van der Waals surface area contributed by atoms with Gasteiger partial charge in [-0.05, 0) is 29.7 Å². The van der Waals surface area contributed by atoms with Gasteiger partial charge in [0.1, 0.15) is 5.75 Å². The van der Waals surface area contributed by atoms with Crippen molar-refractivity contribution < 1.29 is 10.2 Å². The van der Waals surface area contributed by atoms with Crippen LogP contribution in [0.4, 0.5) is 0 Å². The van der Waals surface area contributed by atoms with Crippen molar-refractivity contribution in [2.75, 3.05) is 26.2 Å². The normalized spacial score (nSPS) is 19.2. The zero-order chi connectivity index (χ0) is 17.6. The van der Waals surface area contributed by atoms with E-state index >= 15 is 0 Å². The number of nitrogens with zero attached hydrogens (tertiary/aromatic N) is 2. The molecule has 0 amide bonds. The quantitative estimate of drug-likeness (QED) is 0.831. The molecule has 1 aliphatic heterocycles. The van der Waals surface area contributed by atoms with Gasteiger partial charge < -0.3 is 10.2 Å². The molecule has 0 saturated carbocycles. The van der Waals surface area contributed by atoms with Crippen LogP contribution in [0.5, 0.6) is 5.75 Å². The van der Waals surface area contributed by atoms with Crippen LogP contribution in [-0.2, 0) is 13.1 Å². The van der Waals surface area contributed by atoms with Crippen LogP contribution in [0.25, 0.3) is 0 Å². The molecule has 0 unspecified atom stereocenters. The molecule has 1 atom stereocenters. The predicted octanol–water partition coefficient (Wildman–Crippen LogP) is 3.11. The van der Waals surface area contributed by atoms with E-state index in [0.717, 1.165) is 44.7 Å². The summed E-state index contributed by atoms with van der Waals surface area (Å²) in [5, 5.41) is 19.4. The van der Waals surface area contributed by atoms with Crippen molar-refractivity contribution in [3.63, 3.8) is 0 Å². The van der Waals surface area contributed by atoms with Gasteiger partial charge in [0, 0.05) is 45.4 Å². The van der Waals surface area contributed by atoms with E-state index in [2.05, 4.69) is 34.1 Å². The second-order valence-electron chi connectivity index (χ2n) is 6.64. The number of benzene rings is 2. The monoisotopic (exact) mass is 360 g/mol. The number of piperazine rings is 1. The Kier molecular flexibility index (Phi) is 6.32. The van der Waals surface area contributed by atoms with E-state index in [9.17, 15) is 10.2 Å². The van der Waals surface area contributed by atoms with E-state index in [4.69, 9.17) is 11.6 Å². The van der Waals surface area contributed by atoms with E-state index in [1.54, 1.807) is 6.07 Å². The van der Waals surface area contributed by atoms with Crippen molar-refractivity contribution in [2.24, 2.45) is 0 Å². The van der Waals surface area contributed by atoms with Crippen LogP contribution in [0.15, 0.2) is 48.5 Å². The third kappa shape index (κ3) is 4.95. The van der Waals surface area contributed by atoms with Crippen molar-refractivity contribution >= 4 is 11.6 Å². The molecule has 2 N–H and O–H groups in total. The molecule has 0 aromatic heterocycles. The van der Waals surface area contributed by atoms with E-state index in [-0.39, 0.29) is 12.4 Å². The average Bonchev–Trinajstić information content (AvgIpc) is 2.62. The Hall–Kier alpha value is -1.59. The first-order valence-electron chi connectivity index (χ1n) is 8.74. The molecule has 4 nitrogen and oxygen atoms in total. The molecule has 0 bridgehead atoms. The maximum Gasteiger partial charge on any atom is 0.134 e. The zero-order valence-electron chi connectivity index (χ0n) is 14.3. The van der Waals surface area contributed by atoms with Crippen molar-refractivity contribution in [3.05, 3.63) is 64.7 Å². The molecule has 25 heavy (non-hydrogen) atoms. The summed E-state index contributed by atoms with van der Waals surface area (Å²) in [6.07, 6.45) is 0.777. The Morgan fingerprint density at radius 1 is 1.00 bits per heavy atom. The summed E-state index contributed by atoms with van der Waals surface area (Å²) < 4.78 is 0. The highest BCUT2D eigenvalue weighted by Gasteiger charge is 2.26. The molecule has 0 aliphatic carbocycles. The molecular weight excluding hydrogens is 336 g/mol. The van der Waals surface area contributed by atoms with Crippen LogP contribution >= 0.6 is 11.6 Å². The summed E-state index contributed by atoms with van der Waals surface area (Å²) >= 11 is 6.01. The van der Waals surface area contributed by atoms with E-state index < -0.39 is 0 Å². The summed E-state index contributed by atoms with van der Waals surface area (Å²) in [6, 6.07) is 16.2. The summed E-state index contributed by atoms with van der Waals surface area (Å²) in [5.74, 6) is 0.122. The lowest BCUT2D eigenvalue weighted by Gasteiger charge is -2.41. The lowest BCUT2D eigenvalue weighted by atomic mass is 10.1. The zero-order valence-corrected chi connectivity index (χ0v) is 15.1. The SMILES string of the molecule is OCC[C@@H]1CN(Cc2ccc(O)c(Cl)c2)CCN1Cc1ccccc1. The van der Waals surface area contributed by atoms with Gasteiger partial charge in [-0.1, -0.05) is 48.0 Å². The van der Waals surface area contributed by atoms with Gasteiger partial charge >= 0.3 is 0 Å². The first kappa shape index (κ1) is 18.2. The Balaban J connectivity index is 1.63. The van der Waals surface area contributed by atoms with Gasteiger partial charge in [0.15, 0.2) is 0 Å². The van der Waals surface area contributed by atoms with Crippen LogP contribution in [0.3, 0.4) is 0 Å². The number of halogens is 1. The van der Waals surface area contributed by atoms with Crippen LogP contribution < -0.4 is 0 Å². The molecule has 3 rings (SSSR count). The van der Waals surface area contributed by atoms with Crippen molar-refractivity contribution in [2.45, 2.75) is 25.6 Å². The molecule has 2 aromatic rings. The van der Waals surface area contributed by atoms with E-state index in [0.29, 0.717) is 11.1 Å². The number of phenols is 1. The van der Waals surface area contributed by atoms with Crippen molar-refractivity contribution in [1.29, 1.82) is 0 Å². The Morgan fingerprint density at radius 3 is 2.52 bits per heavy atom. The first-order chi connectivity index (χ1) is 12.2. The lowest BCUT2D eigenvalue weighted by Crippen LogP contribution is -2.52. The minimum atomic E-state index is 0.122. The van der Waals surface area contributed by atoms with Gasteiger partial charge in [0.25, 0.3) is 0 Å². The third-order valence-corrected chi connectivity index (χ3v) is 5.10. The standard InChI is InChI=1S/C20H25ClN2O2/c21-19-12-17(6-7-20(19)25)13-22-9-10-23(18(15-22)8-11-24)14-16-4-2-1-3-5-16/h1-7,12,18,24-25H,8-11,13-15H2/t18-/m1/s1. The van der Waals surface area contributed by atoms with Gasteiger partial charge in [-0.15, -0.1) is 0 Å². The summed E-state index contributed by atoms with van der Waals surface area (Å²) in [4.78, 5) is 4.86. The van der Waals surface area contributed by atoms with Gasteiger partial charge in [-0.3, -0.25) is 9.80 Å². The van der Waals surface area contributed by atoms with Crippen molar-refractivity contribution in [3.8, 4) is 5.75 Å². The molecule has 1 saturated heterocycles. The predicted molar refractivity (Wildman–Crippen MR) is 101 cm³/mol. The average molecular weight is 361 g/mol. The van der Waals surface area contributed by atoms with Crippen molar-refractivity contribution in [1.82, 2.24) is 9.80 Å². The number of hydrogen-bond donors (Lipinski definition) is 2. The topological polar surface area (TPSA) is 46.9 Å². The number of rotatable bonds is 6. The highest BCUT2D eigenvalue weighted by atomic mass is 35.5. The minimum absolute atomic E-state index is 0.122. The van der Waals surface area contributed by atoms with Gasteiger partial charge in [0.05, 0.1) is 5.02 Å². The van der Waals surface area contributed by atoms with Gasteiger partial charge in [0.2, 0.25) is 0 Å².